The van der Waals surface area contributed by atoms with Crippen LogP contribution in [0.2, 0.25) is 0 Å². The smallest absolute Gasteiger partial charge is 0.222 e. The molecule has 1 amide bonds. The van der Waals surface area contributed by atoms with E-state index in [2.05, 4.69) is 16.0 Å². The fourth-order valence-electron chi connectivity index (χ4n) is 3.19. The van der Waals surface area contributed by atoms with E-state index in [1.807, 2.05) is 36.1 Å². The number of anilines is 1. The number of piperazine rings is 1. The Balaban J connectivity index is 1.42. The van der Waals surface area contributed by atoms with Crippen LogP contribution < -0.4 is 9.64 Å². The van der Waals surface area contributed by atoms with Crippen molar-refractivity contribution >= 4 is 11.7 Å². The number of pyridine rings is 1. The van der Waals surface area contributed by atoms with Gasteiger partial charge in [-0.1, -0.05) is 18.2 Å². The quantitative estimate of drug-likeness (QED) is 0.737. The molecule has 0 atom stereocenters. The first kappa shape index (κ1) is 18.7. The first-order valence-corrected chi connectivity index (χ1v) is 9.25. The number of nitrogens with zero attached hydrogens (tertiary/aromatic N) is 4. The van der Waals surface area contributed by atoms with E-state index in [0.717, 1.165) is 11.3 Å². The van der Waals surface area contributed by atoms with Crippen molar-refractivity contribution in [2.75, 3.05) is 37.7 Å². The third-order valence-corrected chi connectivity index (χ3v) is 4.73. The monoisotopic (exact) mass is 364 g/mol. The highest BCUT2D eigenvalue weighted by atomic mass is 16.5. The summed E-state index contributed by atoms with van der Waals surface area (Å²) in [7, 11) is 0. The molecular weight excluding hydrogens is 340 g/mol. The van der Waals surface area contributed by atoms with Crippen LogP contribution in [-0.4, -0.2) is 48.6 Å². The van der Waals surface area contributed by atoms with E-state index in [-0.39, 0.29) is 5.91 Å². The van der Waals surface area contributed by atoms with Gasteiger partial charge < -0.3 is 14.5 Å². The summed E-state index contributed by atoms with van der Waals surface area (Å²) in [6, 6.07) is 13.6. The first-order chi connectivity index (χ1) is 13.2. The summed E-state index contributed by atoms with van der Waals surface area (Å²) in [5, 5.41) is 9.22. The number of aryl methyl sites for hydroxylation is 1. The molecule has 1 saturated heterocycles. The average Bonchev–Trinajstić information content (AvgIpc) is 2.72. The van der Waals surface area contributed by atoms with Gasteiger partial charge in [-0.2, -0.15) is 5.26 Å². The van der Waals surface area contributed by atoms with E-state index in [1.165, 1.54) is 0 Å². The molecule has 3 rings (SSSR count). The van der Waals surface area contributed by atoms with Crippen LogP contribution in [0.5, 0.6) is 5.75 Å². The maximum atomic E-state index is 12.4. The SMILES string of the molecule is Cc1ccccc1OCCCC(=O)N1CCN(c2ncccc2C#N)CC1. The highest BCUT2D eigenvalue weighted by Gasteiger charge is 2.23. The van der Waals surface area contributed by atoms with Crippen molar-refractivity contribution < 1.29 is 9.53 Å². The van der Waals surface area contributed by atoms with Gasteiger partial charge in [0.15, 0.2) is 0 Å². The number of aromatic nitrogens is 1. The van der Waals surface area contributed by atoms with Crippen molar-refractivity contribution in [3.63, 3.8) is 0 Å². The molecule has 2 heterocycles. The summed E-state index contributed by atoms with van der Waals surface area (Å²) in [5.74, 6) is 1.74. The van der Waals surface area contributed by atoms with E-state index in [4.69, 9.17) is 4.74 Å². The number of carbonyl (C=O) groups excluding carboxylic acids is 1. The molecule has 6 heteroatoms. The van der Waals surface area contributed by atoms with E-state index in [9.17, 15) is 10.1 Å². The summed E-state index contributed by atoms with van der Waals surface area (Å²) in [5.41, 5.74) is 1.68. The summed E-state index contributed by atoms with van der Waals surface area (Å²) in [4.78, 5) is 20.7. The van der Waals surface area contributed by atoms with Crippen LogP contribution in [0.15, 0.2) is 42.6 Å². The van der Waals surface area contributed by atoms with Gasteiger partial charge in [-0.05, 0) is 37.1 Å². The second kappa shape index (κ2) is 9.04. The number of benzene rings is 1. The van der Waals surface area contributed by atoms with Crippen LogP contribution in [0.4, 0.5) is 5.82 Å². The Labute approximate surface area is 160 Å². The molecule has 1 fully saturated rings. The molecule has 0 N–H and O–H groups in total. The largest absolute Gasteiger partial charge is 0.493 e. The molecule has 27 heavy (non-hydrogen) atoms. The number of rotatable bonds is 6. The van der Waals surface area contributed by atoms with Gasteiger partial charge in [0.1, 0.15) is 17.6 Å². The van der Waals surface area contributed by atoms with E-state index in [0.29, 0.717) is 57.0 Å². The van der Waals surface area contributed by atoms with Crippen molar-refractivity contribution in [2.45, 2.75) is 19.8 Å². The molecule has 0 bridgehead atoms. The second-order valence-electron chi connectivity index (χ2n) is 6.57. The average molecular weight is 364 g/mol. The normalized spacial score (nSPS) is 13.9. The molecule has 1 aliphatic heterocycles. The molecule has 0 aliphatic carbocycles. The maximum absolute atomic E-state index is 12.4. The van der Waals surface area contributed by atoms with Crippen LogP contribution >= 0.6 is 0 Å². The maximum Gasteiger partial charge on any atom is 0.222 e. The van der Waals surface area contributed by atoms with Gasteiger partial charge in [0.05, 0.1) is 12.2 Å². The zero-order chi connectivity index (χ0) is 19.1. The highest BCUT2D eigenvalue weighted by Crippen LogP contribution is 2.19. The summed E-state index contributed by atoms with van der Waals surface area (Å²) in [6.07, 6.45) is 2.88. The molecule has 0 radical (unpaired) electrons. The van der Waals surface area contributed by atoms with Crippen molar-refractivity contribution in [1.29, 1.82) is 5.26 Å². The van der Waals surface area contributed by atoms with Crippen LogP contribution in [0.3, 0.4) is 0 Å². The number of amides is 1. The minimum atomic E-state index is 0.157. The summed E-state index contributed by atoms with van der Waals surface area (Å²) in [6.45, 7) is 5.24. The minimum Gasteiger partial charge on any atom is -0.493 e. The van der Waals surface area contributed by atoms with Crippen molar-refractivity contribution in [1.82, 2.24) is 9.88 Å². The molecule has 1 aromatic carbocycles. The predicted octanol–water partition coefficient (Wildman–Crippen LogP) is 2.77. The van der Waals surface area contributed by atoms with Crippen molar-refractivity contribution in [3.8, 4) is 11.8 Å². The number of carbonyl (C=O) groups is 1. The van der Waals surface area contributed by atoms with Gasteiger partial charge >= 0.3 is 0 Å². The number of para-hydroxylation sites is 1. The Morgan fingerprint density at radius 1 is 1.19 bits per heavy atom. The lowest BCUT2D eigenvalue weighted by Crippen LogP contribution is -2.49. The van der Waals surface area contributed by atoms with Crippen molar-refractivity contribution in [2.24, 2.45) is 0 Å². The lowest BCUT2D eigenvalue weighted by Gasteiger charge is -2.35. The summed E-state index contributed by atoms with van der Waals surface area (Å²) < 4.78 is 5.76. The Bertz CT molecular complexity index is 823. The van der Waals surface area contributed by atoms with Crippen molar-refractivity contribution in [3.05, 3.63) is 53.7 Å². The first-order valence-electron chi connectivity index (χ1n) is 9.25. The second-order valence-corrected chi connectivity index (χ2v) is 6.57. The number of ether oxygens (including phenoxy) is 1. The Hall–Kier alpha value is -3.07. The zero-order valence-electron chi connectivity index (χ0n) is 15.6. The Morgan fingerprint density at radius 2 is 1.96 bits per heavy atom. The number of hydrogen-bond acceptors (Lipinski definition) is 5. The predicted molar refractivity (Wildman–Crippen MR) is 104 cm³/mol. The fourth-order valence-corrected chi connectivity index (χ4v) is 3.19. The lowest BCUT2D eigenvalue weighted by atomic mass is 10.2. The topological polar surface area (TPSA) is 69.5 Å². The van der Waals surface area contributed by atoms with Crippen LogP contribution in [0.25, 0.3) is 0 Å². The zero-order valence-corrected chi connectivity index (χ0v) is 15.6. The lowest BCUT2D eigenvalue weighted by molar-refractivity contribution is -0.131. The van der Waals surface area contributed by atoms with E-state index in [1.54, 1.807) is 18.3 Å². The van der Waals surface area contributed by atoms with E-state index >= 15 is 0 Å². The minimum absolute atomic E-state index is 0.157. The van der Waals surface area contributed by atoms with Crippen LogP contribution in [0, 0.1) is 18.3 Å². The molecule has 2 aromatic rings. The third-order valence-electron chi connectivity index (χ3n) is 4.73. The van der Waals surface area contributed by atoms with Crippen LogP contribution in [0.1, 0.15) is 24.0 Å². The molecule has 1 aliphatic rings. The Morgan fingerprint density at radius 3 is 2.70 bits per heavy atom. The van der Waals surface area contributed by atoms with Gasteiger partial charge in [0.25, 0.3) is 0 Å². The third kappa shape index (κ3) is 4.76. The molecular formula is C21H24N4O2. The van der Waals surface area contributed by atoms with Gasteiger partial charge in [-0.25, -0.2) is 4.98 Å². The van der Waals surface area contributed by atoms with Gasteiger partial charge in [-0.15, -0.1) is 0 Å². The number of hydrogen-bond donors (Lipinski definition) is 0. The fraction of sp³-hybridized carbons (Fsp3) is 0.381. The van der Waals surface area contributed by atoms with E-state index < -0.39 is 0 Å². The molecule has 1 aromatic heterocycles. The molecule has 0 unspecified atom stereocenters. The standard InChI is InChI=1S/C21H24N4O2/c1-17-6-2-3-8-19(17)27-15-5-9-20(26)24-11-13-25(14-12-24)21-18(16-22)7-4-10-23-21/h2-4,6-8,10H,5,9,11-15H2,1H3. The molecule has 0 spiro atoms. The Kier molecular flexibility index (Phi) is 6.26. The van der Waals surface area contributed by atoms with Gasteiger partial charge in [-0.3, -0.25) is 4.79 Å². The van der Waals surface area contributed by atoms with Gasteiger partial charge in [0.2, 0.25) is 5.91 Å². The molecule has 0 saturated carbocycles. The molecule has 140 valence electrons. The van der Waals surface area contributed by atoms with Gasteiger partial charge in [0, 0.05) is 38.8 Å². The highest BCUT2D eigenvalue weighted by molar-refractivity contribution is 5.76. The summed E-state index contributed by atoms with van der Waals surface area (Å²) >= 11 is 0. The van der Waals surface area contributed by atoms with Crippen LogP contribution in [-0.2, 0) is 4.79 Å². The molecule has 6 nitrogen and oxygen atoms in total. The number of nitriles is 1.